The molecule has 2 unspecified atom stereocenters. The Morgan fingerprint density at radius 3 is 2.00 bits per heavy atom. The lowest BCUT2D eigenvalue weighted by Crippen LogP contribution is -2.69. The molecule has 3 rings (SSSR count). The van der Waals surface area contributed by atoms with E-state index in [0.29, 0.717) is 5.75 Å². The Balaban J connectivity index is 2.08. The van der Waals surface area contributed by atoms with E-state index in [1.54, 1.807) is 11.8 Å². The van der Waals surface area contributed by atoms with E-state index < -0.39 is 19.7 Å². The molecule has 0 aromatic heterocycles. The molecule has 1 fully saturated rings. The summed E-state index contributed by atoms with van der Waals surface area (Å²) in [6.07, 6.45) is -0.592. The quantitative estimate of drug-likeness (QED) is 0.547. The maximum absolute atomic E-state index is 11.4. The molecule has 0 N–H and O–H groups in total. The molecule has 0 bridgehead atoms. The first-order valence-electron chi connectivity index (χ1n) is 9.46. The van der Waals surface area contributed by atoms with E-state index in [9.17, 15) is 4.79 Å². The first-order valence-corrected chi connectivity index (χ1v) is 12.4. The monoisotopic (exact) mass is 416 g/mol. The number of ether oxygens (including phenoxy) is 2. The highest BCUT2D eigenvalue weighted by Gasteiger charge is 2.56. The third-order valence-electron chi connectivity index (χ3n) is 4.88. The van der Waals surface area contributed by atoms with E-state index in [0.717, 1.165) is 0 Å². The van der Waals surface area contributed by atoms with Crippen molar-refractivity contribution in [3.63, 3.8) is 0 Å². The Bertz CT molecular complexity index is 767. The van der Waals surface area contributed by atoms with Gasteiger partial charge in [-0.2, -0.15) is 0 Å². The molecule has 0 spiro atoms. The summed E-state index contributed by atoms with van der Waals surface area (Å²) in [5.41, 5.74) is 0. The SMILES string of the molecule is CC(=O)OC1CSC(C)(O[Si](c2ccccc2)(c2ccccc2)C(C)(C)C)O1. The van der Waals surface area contributed by atoms with Crippen molar-refractivity contribution in [2.75, 3.05) is 5.75 Å². The summed E-state index contributed by atoms with van der Waals surface area (Å²) < 4.78 is 18.4. The average molecular weight is 417 g/mol. The van der Waals surface area contributed by atoms with Gasteiger partial charge in [0.2, 0.25) is 11.4 Å². The lowest BCUT2D eigenvalue weighted by atomic mass is 10.2. The zero-order valence-corrected chi connectivity index (χ0v) is 18.9. The molecule has 2 atom stereocenters. The van der Waals surface area contributed by atoms with E-state index in [4.69, 9.17) is 13.9 Å². The topological polar surface area (TPSA) is 44.8 Å². The van der Waals surface area contributed by atoms with Gasteiger partial charge in [0, 0.05) is 6.92 Å². The molecule has 2 aromatic rings. The van der Waals surface area contributed by atoms with Gasteiger partial charge in [-0.3, -0.25) is 4.79 Å². The van der Waals surface area contributed by atoms with Gasteiger partial charge in [0.1, 0.15) is 0 Å². The van der Waals surface area contributed by atoms with Crippen LogP contribution < -0.4 is 10.4 Å². The van der Waals surface area contributed by atoms with E-state index >= 15 is 0 Å². The molecule has 4 nitrogen and oxygen atoms in total. The van der Waals surface area contributed by atoms with Gasteiger partial charge in [0.05, 0.1) is 5.75 Å². The first kappa shape index (κ1) is 21.1. The Labute approximate surface area is 172 Å². The second-order valence-corrected chi connectivity index (χ2v) is 13.7. The molecule has 28 heavy (non-hydrogen) atoms. The van der Waals surface area contributed by atoms with Crippen LogP contribution in [0.1, 0.15) is 34.6 Å². The van der Waals surface area contributed by atoms with Crippen LogP contribution in [0.4, 0.5) is 0 Å². The Morgan fingerprint density at radius 1 is 1.07 bits per heavy atom. The molecule has 1 heterocycles. The zero-order chi connectivity index (χ0) is 20.4. The number of hydrogen-bond donors (Lipinski definition) is 0. The summed E-state index contributed by atoms with van der Waals surface area (Å²) in [6, 6.07) is 20.9. The fourth-order valence-electron chi connectivity index (χ4n) is 3.75. The molecule has 0 radical (unpaired) electrons. The molecule has 6 heteroatoms. The Kier molecular flexibility index (Phi) is 6.05. The van der Waals surface area contributed by atoms with Gasteiger partial charge in [-0.1, -0.05) is 93.2 Å². The number of benzene rings is 2. The molecule has 2 aromatic carbocycles. The fraction of sp³-hybridized carbons (Fsp3) is 0.409. The van der Waals surface area contributed by atoms with Crippen molar-refractivity contribution in [1.29, 1.82) is 0 Å². The Morgan fingerprint density at radius 2 is 1.57 bits per heavy atom. The maximum Gasteiger partial charge on any atom is 0.304 e. The molecule has 1 saturated heterocycles. The van der Waals surface area contributed by atoms with Crippen LogP contribution in [0.25, 0.3) is 0 Å². The molecule has 1 aliphatic heterocycles. The maximum atomic E-state index is 11.4. The van der Waals surface area contributed by atoms with E-state index in [1.165, 1.54) is 17.3 Å². The number of carbonyl (C=O) groups excluding carboxylic acids is 1. The summed E-state index contributed by atoms with van der Waals surface area (Å²) in [7, 11) is -2.74. The predicted molar refractivity (Wildman–Crippen MR) is 116 cm³/mol. The number of thioether (sulfide) groups is 1. The standard InChI is InChI=1S/C22H28O4SSi/c1-17(23)24-20-16-27-22(5,25-20)26-28(21(2,3)4,18-12-8-6-9-13-18)19-14-10-7-11-15-19/h6-15,20H,16H2,1-5H3. The van der Waals surface area contributed by atoms with Gasteiger partial charge in [-0.25, -0.2) is 0 Å². The summed E-state index contributed by atoms with van der Waals surface area (Å²) in [5.74, 6) is 0.203. The molecular formula is C22H28O4SSi. The third kappa shape index (κ3) is 4.20. The van der Waals surface area contributed by atoms with E-state index in [1.807, 2.05) is 19.1 Å². The lowest BCUT2D eigenvalue weighted by Gasteiger charge is -2.46. The summed E-state index contributed by atoms with van der Waals surface area (Å²) in [4.78, 5) is 11.4. The Hall–Kier alpha value is -1.60. The average Bonchev–Trinajstić information content (AvgIpc) is 3.00. The molecular weight excluding hydrogens is 388 g/mol. The highest BCUT2D eigenvalue weighted by atomic mass is 32.2. The van der Waals surface area contributed by atoms with Crippen LogP contribution in [-0.4, -0.2) is 31.4 Å². The number of carbonyl (C=O) groups is 1. The molecule has 0 aliphatic carbocycles. The van der Waals surface area contributed by atoms with Crippen LogP contribution in [0.2, 0.25) is 5.04 Å². The predicted octanol–water partition coefficient (Wildman–Crippen LogP) is 3.89. The largest absolute Gasteiger partial charge is 0.435 e. The highest BCUT2D eigenvalue weighted by Crippen LogP contribution is 2.45. The van der Waals surface area contributed by atoms with Crippen molar-refractivity contribution < 1.29 is 18.7 Å². The second kappa shape index (κ2) is 8.03. The summed E-state index contributed by atoms with van der Waals surface area (Å²) >= 11 is 1.54. The summed E-state index contributed by atoms with van der Waals surface area (Å²) in [5, 5.41) is 1.33. The summed E-state index contributed by atoms with van der Waals surface area (Å²) in [6.45, 7) is 10.0. The van der Waals surface area contributed by atoms with Crippen LogP contribution in [0.15, 0.2) is 60.7 Å². The minimum atomic E-state index is -2.74. The van der Waals surface area contributed by atoms with Crippen LogP contribution in [0, 0.1) is 0 Å². The number of rotatable bonds is 5. The smallest absolute Gasteiger partial charge is 0.304 e. The minimum absolute atomic E-state index is 0.151. The molecule has 150 valence electrons. The van der Waals surface area contributed by atoms with Gasteiger partial charge < -0.3 is 13.9 Å². The van der Waals surface area contributed by atoms with Crippen molar-refractivity contribution in [3.05, 3.63) is 60.7 Å². The van der Waals surface area contributed by atoms with E-state index in [-0.39, 0.29) is 11.0 Å². The zero-order valence-electron chi connectivity index (χ0n) is 17.1. The van der Waals surface area contributed by atoms with Gasteiger partial charge in [-0.05, 0) is 22.3 Å². The third-order valence-corrected chi connectivity index (χ3v) is 11.3. The second-order valence-electron chi connectivity index (χ2n) is 8.10. The van der Waals surface area contributed by atoms with E-state index in [2.05, 4.69) is 69.3 Å². The fourth-order valence-corrected chi connectivity index (χ4v) is 9.65. The molecule has 0 saturated carbocycles. The normalized spacial score (nSPS) is 22.8. The van der Waals surface area contributed by atoms with Crippen LogP contribution >= 0.6 is 11.8 Å². The first-order chi connectivity index (χ1) is 13.2. The van der Waals surface area contributed by atoms with Crippen molar-refractivity contribution in [1.82, 2.24) is 0 Å². The van der Waals surface area contributed by atoms with Crippen LogP contribution in [0.5, 0.6) is 0 Å². The van der Waals surface area contributed by atoms with Crippen LogP contribution in [-0.2, 0) is 18.7 Å². The minimum Gasteiger partial charge on any atom is -0.435 e. The number of hydrogen-bond acceptors (Lipinski definition) is 5. The lowest BCUT2D eigenvalue weighted by molar-refractivity contribution is -0.210. The van der Waals surface area contributed by atoms with Gasteiger partial charge in [0.15, 0.2) is 0 Å². The van der Waals surface area contributed by atoms with Crippen molar-refractivity contribution in [2.45, 2.75) is 51.1 Å². The highest BCUT2D eigenvalue weighted by molar-refractivity contribution is 8.00. The van der Waals surface area contributed by atoms with Gasteiger partial charge in [0.25, 0.3) is 8.32 Å². The number of esters is 1. The van der Waals surface area contributed by atoms with Crippen molar-refractivity contribution >= 4 is 36.4 Å². The van der Waals surface area contributed by atoms with Gasteiger partial charge in [-0.15, -0.1) is 0 Å². The van der Waals surface area contributed by atoms with Crippen molar-refractivity contribution in [2.24, 2.45) is 0 Å². The molecule has 1 aliphatic rings. The van der Waals surface area contributed by atoms with Crippen LogP contribution in [0.3, 0.4) is 0 Å². The van der Waals surface area contributed by atoms with Crippen molar-refractivity contribution in [3.8, 4) is 0 Å². The molecule has 0 amide bonds. The van der Waals surface area contributed by atoms with Gasteiger partial charge >= 0.3 is 5.97 Å².